The van der Waals surface area contributed by atoms with Crippen LogP contribution >= 0.6 is 0 Å². The summed E-state index contributed by atoms with van der Waals surface area (Å²) >= 11 is 0. The summed E-state index contributed by atoms with van der Waals surface area (Å²) in [6, 6.07) is 0.300. The molecule has 0 spiro atoms. The van der Waals surface area contributed by atoms with E-state index in [1.54, 1.807) is 23.9 Å². The SMILES string of the molecule is CN(C)C(=O)N1CCN(C(=O)C2CCC(N)CC2)CC1. The van der Waals surface area contributed by atoms with Gasteiger partial charge in [0.25, 0.3) is 0 Å². The number of carbonyl (C=O) groups excluding carboxylic acids is 2. The Labute approximate surface area is 120 Å². The topological polar surface area (TPSA) is 69.9 Å². The predicted molar refractivity (Wildman–Crippen MR) is 77.2 cm³/mol. The van der Waals surface area contributed by atoms with Crippen molar-refractivity contribution in [3.05, 3.63) is 0 Å². The lowest BCUT2D eigenvalue weighted by molar-refractivity contribution is -0.138. The summed E-state index contributed by atoms with van der Waals surface area (Å²) in [6.07, 6.45) is 3.73. The fourth-order valence-electron chi connectivity index (χ4n) is 3.03. The van der Waals surface area contributed by atoms with E-state index in [2.05, 4.69) is 0 Å². The average Bonchev–Trinajstić information content (AvgIpc) is 2.46. The Morgan fingerprint density at radius 1 is 0.950 bits per heavy atom. The second kappa shape index (κ2) is 6.43. The van der Waals surface area contributed by atoms with Crippen LogP contribution in [-0.2, 0) is 4.79 Å². The molecule has 1 heterocycles. The summed E-state index contributed by atoms with van der Waals surface area (Å²) in [5.74, 6) is 0.403. The fourth-order valence-corrected chi connectivity index (χ4v) is 3.03. The Balaban J connectivity index is 1.81. The maximum Gasteiger partial charge on any atom is 0.319 e. The highest BCUT2D eigenvalue weighted by molar-refractivity contribution is 5.79. The van der Waals surface area contributed by atoms with Crippen molar-refractivity contribution in [3.8, 4) is 0 Å². The Bertz CT molecular complexity index is 356. The van der Waals surface area contributed by atoms with E-state index >= 15 is 0 Å². The Kier molecular flexibility index (Phi) is 4.86. The van der Waals surface area contributed by atoms with Crippen LogP contribution in [0.15, 0.2) is 0 Å². The van der Waals surface area contributed by atoms with Crippen LogP contribution in [0.5, 0.6) is 0 Å². The van der Waals surface area contributed by atoms with Crippen molar-refractivity contribution >= 4 is 11.9 Å². The number of rotatable bonds is 1. The summed E-state index contributed by atoms with van der Waals surface area (Å²) in [7, 11) is 3.51. The number of carbonyl (C=O) groups is 2. The van der Waals surface area contributed by atoms with Crippen LogP contribution in [-0.4, -0.2) is 73.0 Å². The first-order valence-corrected chi connectivity index (χ1v) is 7.49. The second-order valence-corrected chi connectivity index (χ2v) is 6.10. The molecule has 0 aromatic heterocycles. The largest absolute Gasteiger partial charge is 0.339 e. The fraction of sp³-hybridized carbons (Fsp3) is 0.857. The molecule has 1 saturated carbocycles. The van der Waals surface area contributed by atoms with Crippen molar-refractivity contribution in [2.75, 3.05) is 40.3 Å². The van der Waals surface area contributed by atoms with Crippen LogP contribution in [0.4, 0.5) is 4.79 Å². The molecule has 0 unspecified atom stereocenters. The summed E-state index contributed by atoms with van der Waals surface area (Å²) in [4.78, 5) is 29.6. The van der Waals surface area contributed by atoms with Gasteiger partial charge in [0, 0.05) is 52.2 Å². The van der Waals surface area contributed by atoms with Gasteiger partial charge in [-0.25, -0.2) is 4.79 Å². The zero-order valence-electron chi connectivity index (χ0n) is 12.5. The van der Waals surface area contributed by atoms with E-state index in [1.165, 1.54) is 0 Å². The van der Waals surface area contributed by atoms with E-state index < -0.39 is 0 Å². The molecule has 3 amide bonds. The standard InChI is InChI=1S/C14H26N4O2/c1-16(2)14(20)18-9-7-17(8-10-18)13(19)11-3-5-12(15)6-4-11/h11-12H,3-10,15H2,1-2H3. The van der Waals surface area contributed by atoms with Gasteiger partial charge in [-0.05, 0) is 25.7 Å². The van der Waals surface area contributed by atoms with E-state index in [9.17, 15) is 9.59 Å². The highest BCUT2D eigenvalue weighted by Gasteiger charge is 2.31. The maximum absolute atomic E-state index is 12.4. The molecule has 2 fully saturated rings. The molecule has 2 N–H and O–H groups in total. The molecule has 2 aliphatic rings. The van der Waals surface area contributed by atoms with Gasteiger partial charge >= 0.3 is 6.03 Å². The lowest BCUT2D eigenvalue weighted by Crippen LogP contribution is -2.54. The number of nitrogens with zero attached hydrogens (tertiary/aromatic N) is 3. The van der Waals surface area contributed by atoms with E-state index in [4.69, 9.17) is 5.73 Å². The molecule has 0 bridgehead atoms. The first kappa shape index (κ1) is 15.1. The van der Waals surface area contributed by atoms with Crippen LogP contribution in [0, 0.1) is 5.92 Å². The Hall–Kier alpha value is -1.30. The van der Waals surface area contributed by atoms with Gasteiger partial charge in [0.05, 0.1) is 0 Å². The van der Waals surface area contributed by atoms with Crippen molar-refractivity contribution in [3.63, 3.8) is 0 Å². The molecule has 0 radical (unpaired) electrons. The van der Waals surface area contributed by atoms with Crippen LogP contribution in [0.25, 0.3) is 0 Å². The molecule has 6 heteroatoms. The van der Waals surface area contributed by atoms with E-state index in [0.717, 1.165) is 25.7 Å². The first-order chi connectivity index (χ1) is 9.49. The molecule has 1 saturated heterocycles. The summed E-state index contributed by atoms with van der Waals surface area (Å²) in [5, 5.41) is 0. The summed E-state index contributed by atoms with van der Waals surface area (Å²) < 4.78 is 0. The number of hydrogen-bond donors (Lipinski definition) is 1. The predicted octanol–water partition coefficient (Wildman–Crippen LogP) is 0.330. The van der Waals surface area contributed by atoms with Gasteiger partial charge in [-0.3, -0.25) is 4.79 Å². The van der Waals surface area contributed by atoms with Gasteiger partial charge < -0.3 is 20.4 Å². The smallest absolute Gasteiger partial charge is 0.319 e. The van der Waals surface area contributed by atoms with Crippen molar-refractivity contribution < 1.29 is 9.59 Å². The number of hydrogen-bond acceptors (Lipinski definition) is 3. The number of urea groups is 1. The van der Waals surface area contributed by atoms with E-state index in [1.807, 2.05) is 4.90 Å². The van der Waals surface area contributed by atoms with E-state index in [0.29, 0.717) is 26.2 Å². The highest BCUT2D eigenvalue weighted by Crippen LogP contribution is 2.25. The summed E-state index contributed by atoms with van der Waals surface area (Å²) in [5.41, 5.74) is 5.88. The van der Waals surface area contributed by atoms with Gasteiger partial charge in [-0.2, -0.15) is 0 Å². The van der Waals surface area contributed by atoms with Crippen LogP contribution in [0.1, 0.15) is 25.7 Å². The van der Waals surface area contributed by atoms with Crippen molar-refractivity contribution in [1.82, 2.24) is 14.7 Å². The molecule has 20 heavy (non-hydrogen) atoms. The minimum absolute atomic E-state index is 0.0285. The zero-order chi connectivity index (χ0) is 14.7. The molecule has 1 aliphatic carbocycles. The van der Waals surface area contributed by atoms with Crippen LogP contribution in [0.3, 0.4) is 0 Å². The first-order valence-electron chi connectivity index (χ1n) is 7.49. The zero-order valence-corrected chi connectivity index (χ0v) is 12.5. The molecule has 1 aliphatic heterocycles. The number of amides is 3. The monoisotopic (exact) mass is 282 g/mol. The lowest BCUT2D eigenvalue weighted by atomic mass is 9.85. The van der Waals surface area contributed by atoms with Gasteiger partial charge in [0.2, 0.25) is 5.91 Å². The minimum atomic E-state index is 0.0285. The molecule has 2 rings (SSSR count). The minimum Gasteiger partial charge on any atom is -0.339 e. The maximum atomic E-state index is 12.4. The van der Waals surface area contributed by atoms with E-state index in [-0.39, 0.29) is 23.9 Å². The molecule has 114 valence electrons. The molecular formula is C14H26N4O2. The number of nitrogens with two attached hydrogens (primary N) is 1. The van der Waals surface area contributed by atoms with Crippen LogP contribution < -0.4 is 5.73 Å². The van der Waals surface area contributed by atoms with Gasteiger partial charge in [0.1, 0.15) is 0 Å². The third-order valence-electron chi connectivity index (χ3n) is 4.37. The van der Waals surface area contributed by atoms with Gasteiger partial charge in [0.15, 0.2) is 0 Å². The van der Waals surface area contributed by atoms with Crippen molar-refractivity contribution in [1.29, 1.82) is 0 Å². The Morgan fingerprint density at radius 2 is 1.45 bits per heavy atom. The Morgan fingerprint density at radius 3 is 1.95 bits per heavy atom. The molecular weight excluding hydrogens is 256 g/mol. The summed E-state index contributed by atoms with van der Waals surface area (Å²) in [6.45, 7) is 2.58. The third kappa shape index (κ3) is 3.42. The average molecular weight is 282 g/mol. The second-order valence-electron chi connectivity index (χ2n) is 6.10. The third-order valence-corrected chi connectivity index (χ3v) is 4.37. The molecule has 0 aromatic rings. The van der Waals surface area contributed by atoms with Gasteiger partial charge in [-0.1, -0.05) is 0 Å². The quantitative estimate of drug-likeness (QED) is 0.753. The molecule has 0 atom stereocenters. The van der Waals surface area contributed by atoms with Gasteiger partial charge in [-0.15, -0.1) is 0 Å². The van der Waals surface area contributed by atoms with Crippen molar-refractivity contribution in [2.24, 2.45) is 11.7 Å². The highest BCUT2D eigenvalue weighted by atomic mass is 16.2. The van der Waals surface area contributed by atoms with Crippen molar-refractivity contribution in [2.45, 2.75) is 31.7 Å². The molecule has 6 nitrogen and oxygen atoms in total. The number of piperazine rings is 1. The lowest BCUT2D eigenvalue weighted by Gasteiger charge is -2.38. The normalized spacial score (nSPS) is 27.4. The molecule has 0 aromatic carbocycles. The van der Waals surface area contributed by atoms with Crippen LogP contribution in [0.2, 0.25) is 0 Å².